The Kier molecular flexibility index (Phi) is 8.10. The quantitative estimate of drug-likeness (QED) is 0.618. The van der Waals surface area contributed by atoms with Crippen molar-refractivity contribution in [3.8, 4) is 5.75 Å². The zero-order valence-electron chi connectivity index (χ0n) is 19.9. The lowest BCUT2D eigenvalue weighted by molar-refractivity contribution is 0.0306. The third-order valence-corrected chi connectivity index (χ3v) is 6.57. The first-order valence-corrected chi connectivity index (χ1v) is 11.7. The molecule has 1 amide bonds. The zero-order chi connectivity index (χ0) is 23.3. The molecule has 172 valence electrons. The maximum absolute atomic E-state index is 12.8. The summed E-state index contributed by atoms with van der Waals surface area (Å²) in [4.78, 5) is 19.6. The van der Waals surface area contributed by atoms with Crippen molar-refractivity contribution >= 4 is 5.91 Å². The predicted molar refractivity (Wildman–Crippen MR) is 131 cm³/mol. The first-order chi connectivity index (χ1) is 15.4. The lowest BCUT2D eigenvalue weighted by atomic mass is 9.92. The van der Waals surface area contributed by atoms with Gasteiger partial charge >= 0.3 is 0 Å². The highest BCUT2D eigenvalue weighted by molar-refractivity contribution is 5.94. The van der Waals surface area contributed by atoms with Crippen molar-refractivity contribution < 1.29 is 9.90 Å². The lowest BCUT2D eigenvalue weighted by Crippen LogP contribution is -2.57. The molecule has 1 N–H and O–H groups in total. The fourth-order valence-corrected chi connectivity index (χ4v) is 4.78. The van der Waals surface area contributed by atoms with Gasteiger partial charge in [-0.2, -0.15) is 0 Å². The Hall–Kier alpha value is -2.63. The first-order valence-electron chi connectivity index (χ1n) is 11.7. The van der Waals surface area contributed by atoms with Crippen molar-refractivity contribution in [3.05, 3.63) is 77.9 Å². The molecular formula is C27H37N3O2. The molecule has 5 heteroatoms. The molecule has 0 aromatic heterocycles. The highest BCUT2D eigenvalue weighted by atomic mass is 16.3. The summed E-state index contributed by atoms with van der Waals surface area (Å²) in [6.45, 7) is 16.6. The molecule has 1 fully saturated rings. The summed E-state index contributed by atoms with van der Waals surface area (Å²) in [5, 5.41) is 10.2. The molecule has 0 saturated carbocycles. The van der Waals surface area contributed by atoms with Gasteiger partial charge in [0.15, 0.2) is 0 Å². The number of hydrogen-bond acceptors (Lipinski definition) is 4. The van der Waals surface area contributed by atoms with E-state index >= 15 is 0 Å². The molecule has 3 rings (SSSR count). The molecule has 0 radical (unpaired) electrons. The van der Waals surface area contributed by atoms with Gasteiger partial charge in [-0.1, -0.05) is 30.3 Å². The average Bonchev–Trinajstić information content (AvgIpc) is 2.78. The molecular weight excluding hydrogens is 398 g/mol. The van der Waals surface area contributed by atoms with Crippen LogP contribution in [0.1, 0.15) is 55.2 Å². The van der Waals surface area contributed by atoms with E-state index in [1.54, 1.807) is 6.07 Å². The maximum atomic E-state index is 12.8. The predicted octanol–water partition coefficient (Wildman–Crippen LogP) is 4.54. The minimum atomic E-state index is 0.00281. The number of hydrogen-bond donors (Lipinski definition) is 1. The molecule has 2 aromatic rings. The van der Waals surface area contributed by atoms with Gasteiger partial charge in [-0.15, -0.1) is 6.58 Å². The van der Waals surface area contributed by atoms with Crippen LogP contribution in [0.15, 0.2) is 61.2 Å². The van der Waals surface area contributed by atoms with Crippen LogP contribution in [0.25, 0.3) is 0 Å². The largest absolute Gasteiger partial charge is 0.508 e. The summed E-state index contributed by atoms with van der Waals surface area (Å²) in [6, 6.07) is 16.3. The second-order valence-corrected chi connectivity index (χ2v) is 8.73. The standard InChI is InChI=1S/C27H37N3O2/c1-6-16-29-18-21(5)30(19-20(29)4)26(24-10-9-11-25(31)17-24)22-12-14-23(15-13-22)27(32)28(7-2)8-3/h6,9-15,17,20-21,26,31H,1,7-8,16,18-19H2,2-5H3/t20-,21+,26-/m0/s1. The third-order valence-electron chi connectivity index (χ3n) is 6.57. The van der Waals surface area contributed by atoms with Crippen molar-refractivity contribution in [3.63, 3.8) is 0 Å². The number of piperazine rings is 1. The van der Waals surface area contributed by atoms with E-state index in [1.807, 2.05) is 49.1 Å². The summed E-state index contributed by atoms with van der Waals surface area (Å²) in [7, 11) is 0. The highest BCUT2D eigenvalue weighted by Crippen LogP contribution is 2.34. The molecule has 1 aliphatic rings. The lowest BCUT2D eigenvalue weighted by Gasteiger charge is -2.47. The van der Waals surface area contributed by atoms with Crippen LogP contribution in [0.5, 0.6) is 5.75 Å². The average molecular weight is 436 g/mol. The number of carbonyl (C=O) groups is 1. The van der Waals surface area contributed by atoms with E-state index in [-0.39, 0.29) is 17.7 Å². The van der Waals surface area contributed by atoms with Crippen LogP contribution in [0, 0.1) is 0 Å². The normalized spacial score (nSPS) is 20.6. The van der Waals surface area contributed by atoms with E-state index in [0.717, 1.165) is 30.8 Å². The van der Waals surface area contributed by atoms with E-state index in [9.17, 15) is 9.90 Å². The van der Waals surface area contributed by atoms with Crippen LogP contribution < -0.4 is 0 Å². The fourth-order valence-electron chi connectivity index (χ4n) is 4.78. The topological polar surface area (TPSA) is 47.0 Å². The molecule has 5 nitrogen and oxygen atoms in total. The monoisotopic (exact) mass is 435 g/mol. The number of benzene rings is 2. The number of phenolic OH excluding ortho intramolecular Hbond substituents is 1. The molecule has 1 saturated heterocycles. The Morgan fingerprint density at radius 2 is 1.78 bits per heavy atom. The maximum Gasteiger partial charge on any atom is 0.253 e. The Morgan fingerprint density at radius 3 is 2.38 bits per heavy atom. The molecule has 0 aliphatic carbocycles. The number of phenols is 1. The van der Waals surface area contributed by atoms with Crippen LogP contribution in [-0.2, 0) is 0 Å². The smallest absolute Gasteiger partial charge is 0.253 e. The minimum absolute atomic E-state index is 0.00281. The van der Waals surface area contributed by atoms with Gasteiger partial charge in [0.1, 0.15) is 5.75 Å². The Balaban J connectivity index is 1.96. The molecule has 3 atom stereocenters. The zero-order valence-corrected chi connectivity index (χ0v) is 19.9. The van der Waals surface area contributed by atoms with Crippen molar-refractivity contribution in [2.24, 2.45) is 0 Å². The van der Waals surface area contributed by atoms with Crippen molar-refractivity contribution in [2.75, 3.05) is 32.7 Å². The van der Waals surface area contributed by atoms with Crippen LogP contribution in [0.2, 0.25) is 0 Å². The van der Waals surface area contributed by atoms with Gasteiger partial charge in [0.25, 0.3) is 5.91 Å². The fraction of sp³-hybridized carbons (Fsp3) is 0.444. The van der Waals surface area contributed by atoms with Gasteiger partial charge in [0.2, 0.25) is 0 Å². The van der Waals surface area contributed by atoms with Gasteiger partial charge in [0.05, 0.1) is 6.04 Å². The Labute approximate surface area is 193 Å². The molecule has 32 heavy (non-hydrogen) atoms. The van der Waals surface area contributed by atoms with Crippen LogP contribution in [-0.4, -0.2) is 70.5 Å². The highest BCUT2D eigenvalue weighted by Gasteiger charge is 2.34. The number of carbonyl (C=O) groups excluding carboxylic acids is 1. The summed E-state index contributed by atoms with van der Waals surface area (Å²) < 4.78 is 0. The third kappa shape index (κ3) is 5.22. The second-order valence-electron chi connectivity index (χ2n) is 8.73. The van der Waals surface area contributed by atoms with Crippen molar-refractivity contribution in [1.82, 2.24) is 14.7 Å². The summed E-state index contributed by atoms with van der Waals surface area (Å²) in [6.07, 6.45) is 1.97. The van der Waals surface area contributed by atoms with E-state index < -0.39 is 0 Å². The van der Waals surface area contributed by atoms with E-state index in [0.29, 0.717) is 30.7 Å². The number of aromatic hydroxyl groups is 1. The minimum Gasteiger partial charge on any atom is -0.508 e. The van der Waals surface area contributed by atoms with E-state index in [4.69, 9.17) is 0 Å². The molecule has 0 spiro atoms. The molecule has 1 heterocycles. The SMILES string of the molecule is C=CCN1C[C@@H](C)N([C@@H](c2ccc(C(=O)N(CC)CC)cc2)c2cccc(O)c2)C[C@@H]1C. The van der Waals surface area contributed by atoms with Gasteiger partial charge in [0, 0.05) is 50.4 Å². The first kappa shape index (κ1) is 24.0. The number of rotatable bonds is 8. The number of amides is 1. The molecule has 0 unspecified atom stereocenters. The summed E-state index contributed by atoms with van der Waals surface area (Å²) in [5.74, 6) is 0.335. The van der Waals surface area contributed by atoms with E-state index in [2.05, 4.69) is 48.4 Å². The van der Waals surface area contributed by atoms with E-state index in [1.165, 1.54) is 0 Å². The van der Waals surface area contributed by atoms with Gasteiger partial charge in [-0.05, 0) is 63.1 Å². The molecule has 0 bridgehead atoms. The Bertz CT molecular complexity index is 907. The summed E-state index contributed by atoms with van der Waals surface area (Å²) in [5.41, 5.74) is 2.90. The molecule has 1 aliphatic heterocycles. The van der Waals surface area contributed by atoms with Crippen molar-refractivity contribution in [2.45, 2.75) is 45.8 Å². The van der Waals surface area contributed by atoms with Crippen molar-refractivity contribution in [1.29, 1.82) is 0 Å². The second kappa shape index (κ2) is 10.8. The van der Waals surface area contributed by atoms with Gasteiger partial charge in [-0.3, -0.25) is 14.6 Å². The molecule has 2 aromatic carbocycles. The van der Waals surface area contributed by atoms with Crippen LogP contribution >= 0.6 is 0 Å². The van der Waals surface area contributed by atoms with Gasteiger partial charge in [-0.25, -0.2) is 0 Å². The number of nitrogens with zero attached hydrogens (tertiary/aromatic N) is 3. The van der Waals surface area contributed by atoms with Gasteiger partial charge < -0.3 is 10.0 Å². The Morgan fingerprint density at radius 1 is 1.09 bits per heavy atom. The van der Waals surface area contributed by atoms with Crippen LogP contribution in [0.3, 0.4) is 0 Å². The van der Waals surface area contributed by atoms with Crippen LogP contribution in [0.4, 0.5) is 0 Å². The summed E-state index contributed by atoms with van der Waals surface area (Å²) >= 11 is 0.